The number of ether oxygens (including phenoxy) is 1. The lowest BCUT2D eigenvalue weighted by Gasteiger charge is -2.17. The second kappa shape index (κ2) is 8.13. The fourth-order valence-corrected chi connectivity index (χ4v) is 2.48. The molecule has 0 unspecified atom stereocenters. The maximum atomic E-state index is 12.5. The third-order valence-electron chi connectivity index (χ3n) is 3.90. The van der Waals surface area contributed by atoms with Gasteiger partial charge in [-0.05, 0) is 48.5 Å². The standard InChI is InChI=1S/C19H19N5O3/c1-23(11-18(25)22-15-5-9-17(27-2)10-6-15)19(26)14-3-7-16(8-4-14)24-13-20-12-21-24/h3-10,12-13H,11H2,1-2H3,(H,22,25). The van der Waals surface area contributed by atoms with E-state index in [2.05, 4.69) is 15.4 Å². The molecule has 3 aromatic rings. The molecule has 1 aromatic heterocycles. The molecule has 27 heavy (non-hydrogen) atoms. The fourth-order valence-electron chi connectivity index (χ4n) is 2.48. The van der Waals surface area contributed by atoms with Crippen LogP contribution >= 0.6 is 0 Å². The van der Waals surface area contributed by atoms with Crippen LogP contribution in [0.2, 0.25) is 0 Å². The van der Waals surface area contributed by atoms with Crippen LogP contribution in [0, 0.1) is 0 Å². The lowest BCUT2D eigenvalue weighted by molar-refractivity contribution is -0.116. The first-order valence-electron chi connectivity index (χ1n) is 8.21. The van der Waals surface area contributed by atoms with E-state index in [0.29, 0.717) is 17.0 Å². The topological polar surface area (TPSA) is 89.4 Å². The predicted molar refractivity (Wildman–Crippen MR) is 99.9 cm³/mol. The first kappa shape index (κ1) is 18.1. The first-order chi connectivity index (χ1) is 13.1. The van der Waals surface area contributed by atoms with E-state index in [-0.39, 0.29) is 18.4 Å². The molecule has 0 aliphatic rings. The highest BCUT2D eigenvalue weighted by Gasteiger charge is 2.15. The van der Waals surface area contributed by atoms with Gasteiger partial charge in [-0.3, -0.25) is 9.59 Å². The highest BCUT2D eigenvalue weighted by Crippen LogP contribution is 2.15. The molecule has 8 nitrogen and oxygen atoms in total. The lowest BCUT2D eigenvalue weighted by Crippen LogP contribution is -2.34. The maximum Gasteiger partial charge on any atom is 0.254 e. The van der Waals surface area contributed by atoms with Crippen molar-refractivity contribution in [2.24, 2.45) is 0 Å². The lowest BCUT2D eigenvalue weighted by atomic mass is 10.2. The second-order valence-corrected chi connectivity index (χ2v) is 5.82. The number of methoxy groups -OCH3 is 1. The van der Waals surface area contributed by atoms with Crippen LogP contribution in [0.5, 0.6) is 5.75 Å². The monoisotopic (exact) mass is 365 g/mol. The Morgan fingerprint density at radius 2 is 1.81 bits per heavy atom. The summed E-state index contributed by atoms with van der Waals surface area (Å²) in [7, 11) is 3.16. The molecular weight excluding hydrogens is 346 g/mol. The molecule has 0 radical (unpaired) electrons. The van der Waals surface area contributed by atoms with Crippen LogP contribution in [0.3, 0.4) is 0 Å². The minimum absolute atomic E-state index is 0.0598. The summed E-state index contributed by atoms with van der Waals surface area (Å²) in [5.74, 6) is 0.176. The Labute approximate surface area is 156 Å². The highest BCUT2D eigenvalue weighted by atomic mass is 16.5. The number of hydrogen-bond acceptors (Lipinski definition) is 5. The van der Waals surface area contributed by atoms with Crippen LogP contribution < -0.4 is 10.1 Å². The summed E-state index contributed by atoms with van der Waals surface area (Å²) in [6.45, 7) is -0.0598. The van der Waals surface area contributed by atoms with Gasteiger partial charge in [0.1, 0.15) is 18.4 Å². The number of rotatable bonds is 6. The molecule has 0 spiro atoms. The van der Waals surface area contributed by atoms with E-state index in [4.69, 9.17) is 4.74 Å². The Hall–Kier alpha value is -3.68. The average Bonchev–Trinajstić information content (AvgIpc) is 3.23. The molecule has 1 heterocycles. The number of benzene rings is 2. The number of likely N-dealkylation sites (N-methyl/N-ethyl adjacent to an activating group) is 1. The zero-order valence-corrected chi connectivity index (χ0v) is 15.0. The summed E-state index contributed by atoms with van der Waals surface area (Å²) in [6.07, 6.45) is 3.01. The van der Waals surface area contributed by atoms with Gasteiger partial charge in [0.2, 0.25) is 5.91 Å². The molecule has 0 bridgehead atoms. The van der Waals surface area contributed by atoms with Crippen LogP contribution in [0.1, 0.15) is 10.4 Å². The van der Waals surface area contributed by atoms with Crippen molar-refractivity contribution in [3.8, 4) is 11.4 Å². The molecule has 138 valence electrons. The third-order valence-corrected chi connectivity index (χ3v) is 3.90. The number of nitrogens with one attached hydrogen (secondary N) is 1. The molecule has 2 aromatic carbocycles. The van der Waals surface area contributed by atoms with Gasteiger partial charge in [0.15, 0.2) is 0 Å². The van der Waals surface area contributed by atoms with Gasteiger partial charge < -0.3 is 15.0 Å². The van der Waals surface area contributed by atoms with Crippen molar-refractivity contribution in [3.05, 3.63) is 66.7 Å². The van der Waals surface area contributed by atoms with Gasteiger partial charge >= 0.3 is 0 Å². The van der Waals surface area contributed by atoms with Crippen LogP contribution in [-0.2, 0) is 4.79 Å². The van der Waals surface area contributed by atoms with Gasteiger partial charge in [-0.15, -0.1) is 0 Å². The molecule has 0 saturated carbocycles. The number of nitrogens with zero attached hydrogens (tertiary/aromatic N) is 4. The largest absolute Gasteiger partial charge is 0.497 e. The van der Waals surface area contributed by atoms with Crippen LogP contribution in [0.15, 0.2) is 61.2 Å². The van der Waals surface area contributed by atoms with Crippen molar-refractivity contribution in [1.29, 1.82) is 0 Å². The van der Waals surface area contributed by atoms with Gasteiger partial charge in [0, 0.05) is 18.3 Å². The minimum atomic E-state index is -0.282. The molecule has 8 heteroatoms. The summed E-state index contributed by atoms with van der Waals surface area (Å²) in [5, 5.41) is 6.79. The average molecular weight is 365 g/mol. The molecule has 0 atom stereocenters. The summed E-state index contributed by atoms with van der Waals surface area (Å²) >= 11 is 0. The molecule has 3 rings (SSSR count). The zero-order chi connectivity index (χ0) is 19.2. The van der Waals surface area contributed by atoms with Crippen molar-refractivity contribution in [2.45, 2.75) is 0 Å². The quantitative estimate of drug-likeness (QED) is 0.722. The van der Waals surface area contributed by atoms with Gasteiger partial charge in [-0.2, -0.15) is 5.10 Å². The Morgan fingerprint density at radius 1 is 1.11 bits per heavy atom. The Kier molecular flexibility index (Phi) is 5.46. The summed E-state index contributed by atoms with van der Waals surface area (Å²) in [5.41, 5.74) is 1.92. The van der Waals surface area contributed by atoms with Crippen LogP contribution in [0.25, 0.3) is 5.69 Å². The number of hydrogen-bond donors (Lipinski definition) is 1. The Bertz CT molecular complexity index is 906. The molecule has 2 amide bonds. The number of anilines is 1. The van der Waals surface area contributed by atoms with Crippen LogP contribution in [-0.4, -0.2) is 52.2 Å². The summed E-state index contributed by atoms with van der Waals surface area (Å²) in [4.78, 5) is 29.9. The Morgan fingerprint density at radius 3 is 2.41 bits per heavy atom. The maximum absolute atomic E-state index is 12.5. The van der Waals surface area contributed by atoms with E-state index in [9.17, 15) is 9.59 Å². The van der Waals surface area contributed by atoms with Gasteiger partial charge in [0.05, 0.1) is 19.3 Å². The van der Waals surface area contributed by atoms with E-state index < -0.39 is 0 Å². The molecule has 0 fully saturated rings. The first-order valence-corrected chi connectivity index (χ1v) is 8.21. The highest BCUT2D eigenvalue weighted by molar-refractivity contribution is 5.99. The zero-order valence-electron chi connectivity index (χ0n) is 15.0. The van der Waals surface area contributed by atoms with Gasteiger partial charge in [-0.25, -0.2) is 9.67 Å². The third kappa shape index (κ3) is 4.49. The van der Waals surface area contributed by atoms with E-state index in [1.165, 1.54) is 11.2 Å². The van der Waals surface area contributed by atoms with E-state index >= 15 is 0 Å². The summed E-state index contributed by atoms with van der Waals surface area (Å²) in [6, 6.07) is 13.9. The number of aromatic nitrogens is 3. The summed E-state index contributed by atoms with van der Waals surface area (Å²) < 4.78 is 6.67. The van der Waals surface area contributed by atoms with Crippen molar-refractivity contribution in [2.75, 3.05) is 26.0 Å². The Balaban J connectivity index is 1.58. The number of carbonyl (C=O) groups is 2. The second-order valence-electron chi connectivity index (χ2n) is 5.82. The molecule has 0 aliphatic carbocycles. The van der Waals surface area contributed by atoms with Crippen LogP contribution in [0.4, 0.5) is 5.69 Å². The normalized spacial score (nSPS) is 10.3. The molecule has 0 aliphatic heterocycles. The van der Waals surface area contributed by atoms with E-state index in [0.717, 1.165) is 5.69 Å². The van der Waals surface area contributed by atoms with E-state index in [1.54, 1.807) is 73.7 Å². The van der Waals surface area contributed by atoms with Crippen molar-refractivity contribution in [1.82, 2.24) is 19.7 Å². The fraction of sp³-hybridized carbons (Fsp3) is 0.158. The van der Waals surface area contributed by atoms with E-state index in [1.807, 2.05) is 0 Å². The number of amides is 2. The SMILES string of the molecule is COc1ccc(NC(=O)CN(C)C(=O)c2ccc(-n3cncn3)cc2)cc1. The van der Waals surface area contributed by atoms with Crippen molar-refractivity contribution in [3.63, 3.8) is 0 Å². The predicted octanol–water partition coefficient (Wildman–Crippen LogP) is 1.99. The van der Waals surface area contributed by atoms with Gasteiger partial charge in [0.25, 0.3) is 5.91 Å². The van der Waals surface area contributed by atoms with Crippen molar-refractivity contribution >= 4 is 17.5 Å². The molecule has 0 saturated heterocycles. The van der Waals surface area contributed by atoms with Gasteiger partial charge in [-0.1, -0.05) is 0 Å². The van der Waals surface area contributed by atoms with Crippen molar-refractivity contribution < 1.29 is 14.3 Å². The molecule has 1 N–H and O–H groups in total. The smallest absolute Gasteiger partial charge is 0.254 e. The molecular formula is C19H19N5O3. The minimum Gasteiger partial charge on any atom is -0.497 e. The number of carbonyl (C=O) groups excluding carboxylic acids is 2.